The number of hydrogen-bond acceptors (Lipinski definition) is 4. The number of nitrogens with one attached hydrogen (secondary N) is 1. The van der Waals surface area contributed by atoms with Crippen molar-refractivity contribution in [3.05, 3.63) is 35.4 Å². The van der Waals surface area contributed by atoms with Crippen molar-refractivity contribution >= 4 is 23.7 Å². The van der Waals surface area contributed by atoms with Gasteiger partial charge in [-0.2, -0.15) is 0 Å². The minimum Gasteiger partial charge on any atom is -0.331 e. The summed E-state index contributed by atoms with van der Waals surface area (Å²) in [6.07, 6.45) is 2.95. The number of quaternary nitrogens is 1. The maximum absolute atomic E-state index is 12.5. The molecule has 0 unspecified atom stereocenters. The average molecular weight is 399 g/mol. The molecular formula is C23H32N3O3+. The summed E-state index contributed by atoms with van der Waals surface area (Å²) in [4.78, 5) is 44.5. The lowest BCUT2D eigenvalue weighted by atomic mass is 9.77. The van der Waals surface area contributed by atoms with Gasteiger partial charge in [0.15, 0.2) is 0 Å². The van der Waals surface area contributed by atoms with Crippen LogP contribution in [0.3, 0.4) is 0 Å². The zero-order valence-corrected chi connectivity index (χ0v) is 17.5. The largest absolute Gasteiger partial charge is 0.331 e. The number of hydrogen-bond donors (Lipinski definition) is 1. The molecule has 6 heteroatoms. The number of carbonyl (C=O) groups is 3. The Bertz CT molecular complexity index is 746. The van der Waals surface area contributed by atoms with Crippen LogP contribution in [0.15, 0.2) is 29.3 Å². The summed E-state index contributed by atoms with van der Waals surface area (Å²) in [6.45, 7) is 8.85. The molecule has 29 heavy (non-hydrogen) atoms. The van der Waals surface area contributed by atoms with Gasteiger partial charge < -0.3 is 9.80 Å². The van der Waals surface area contributed by atoms with E-state index >= 15 is 0 Å². The summed E-state index contributed by atoms with van der Waals surface area (Å²) in [6, 6.07) is 8.09. The molecule has 2 fully saturated rings. The van der Waals surface area contributed by atoms with E-state index in [1.807, 2.05) is 43.0 Å². The normalized spacial score (nSPS) is 23.7. The van der Waals surface area contributed by atoms with Crippen LogP contribution in [-0.2, 0) is 14.4 Å². The standard InChI is InChI=1S/C23H31N3O3/c1-3-23(29)26-12-10-25(11-13-26)9-8-24-16-20-21(27)14-19(15-22(20)28)18-6-4-17(2)5-7-18/h4-7,16,19-20H,3,8-15H2,1-2H3/p+1. The molecule has 0 aromatic heterocycles. The lowest BCUT2D eigenvalue weighted by Gasteiger charge is -2.31. The summed E-state index contributed by atoms with van der Waals surface area (Å²) < 4.78 is 0. The zero-order valence-electron chi connectivity index (χ0n) is 17.5. The Balaban J connectivity index is 1.44. The molecule has 6 nitrogen and oxygen atoms in total. The van der Waals surface area contributed by atoms with Gasteiger partial charge in [-0.15, -0.1) is 0 Å². The van der Waals surface area contributed by atoms with Gasteiger partial charge >= 0.3 is 0 Å². The molecule has 2 aliphatic rings. The number of aryl methyl sites for hydroxylation is 1. The first-order chi connectivity index (χ1) is 14.0. The fraction of sp³-hybridized carbons (Fsp3) is 0.565. The van der Waals surface area contributed by atoms with Gasteiger partial charge in [0.05, 0.1) is 39.3 Å². The van der Waals surface area contributed by atoms with E-state index in [0.717, 1.165) is 38.3 Å². The first kappa shape index (κ1) is 21.4. The lowest BCUT2D eigenvalue weighted by Crippen LogP contribution is -3.15. The van der Waals surface area contributed by atoms with Crippen LogP contribution in [0.4, 0.5) is 0 Å². The molecule has 0 bridgehead atoms. The van der Waals surface area contributed by atoms with E-state index in [0.29, 0.717) is 25.8 Å². The highest BCUT2D eigenvalue weighted by Crippen LogP contribution is 2.31. The molecule has 1 aliphatic carbocycles. The number of amides is 1. The Kier molecular flexibility index (Phi) is 7.31. The van der Waals surface area contributed by atoms with Crippen LogP contribution >= 0.6 is 0 Å². The quantitative estimate of drug-likeness (QED) is 0.570. The number of piperazine rings is 1. The van der Waals surface area contributed by atoms with Gasteiger partial charge in [0, 0.05) is 25.5 Å². The molecule has 1 heterocycles. The molecule has 1 aliphatic heterocycles. The Labute approximate surface area is 173 Å². The van der Waals surface area contributed by atoms with Crippen molar-refractivity contribution in [2.45, 2.75) is 39.0 Å². The summed E-state index contributed by atoms with van der Waals surface area (Å²) in [5.74, 6) is -0.498. The first-order valence-electron chi connectivity index (χ1n) is 10.7. The molecule has 1 N–H and O–H groups in total. The number of ketones is 2. The van der Waals surface area contributed by atoms with Crippen molar-refractivity contribution in [2.75, 3.05) is 39.3 Å². The molecule has 0 radical (unpaired) electrons. The van der Waals surface area contributed by atoms with Crippen molar-refractivity contribution in [3.63, 3.8) is 0 Å². The highest BCUT2D eigenvalue weighted by Gasteiger charge is 2.34. The molecular weight excluding hydrogens is 366 g/mol. The molecule has 1 aromatic rings. The molecule has 1 amide bonds. The third kappa shape index (κ3) is 5.60. The van der Waals surface area contributed by atoms with Crippen molar-refractivity contribution in [1.82, 2.24) is 4.90 Å². The first-order valence-corrected chi connectivity index (χ1v) is 10.7. The summed E-state index contributed by atoms with van der Waals surface area (Å²) in [7, 11) is 0. The SMILES string of the molecule is CCC(=O)N1CC[NH+](CCN=CC2C(=O)CC(c3ccc(C)cc3)CC2=O)CC1. The molecule has 1 saturated carbocycles. The zero-order chi connectivity index (χ0) is 20.8. The monoisotopic (exact) mass is 398 g/mol. The topological polar surface area (TPSA) is 71.2 Å². The number of Topliss-reactive ketones (excluding diaryl/α,β-unsaturated/α-hetero) is 2. The van der Waals surface area contributed by atoms with Crippen LogP contribution < -0.4 is 4.90 Å². The van der Waals surface area contributed by atoms with Crippen molar-refractivity contribution < 1.29 is 19.3 Å². The molecule has 1 saturated heterocycles. The second kappa shape index (κ2) is 9.92. The maximum atomic E-state index is 12.5. The van der Waals surface area contributed by atoms with Crippen molar-refractivity contribution in [2.24, 2.45) is 10.9 Å². The molecule has 3 rings (SSSR count). The Morgan fingerprint density at radius 2 is 1.76 bits per heavy atom. The van der Waals surface area contributed by atoms with E-state index in [1.165, 1.54) is 10.5 Å². The van der Waals surface area contributed by atoms with Crippen LogP contribution in [-0.4, -0.2) is 67.9 Å². The Morgan fingerprint density at radius 3 is 2.34 bits per heavy atom. The van der Waals surface area contributed by atoms with E-state index in [4.69, 9.17) is 0 Å². The predicted molar refractivity (Wildman–Crippen MR) is 112 cm³/mol. The second-order valence-electron chi connectivity index (χ2n) is 8.22. The summed E-state index contributed by atoms with van der Waals surface area (Å²) in [5.41, 5.74) is 2.24. The minimum atomic E-state index is -0.675. The van der Waals surface area contributed by atoms with Crippen LogP contribution in [0.25, 0.3) is 0 Å². The van der Waals surface area contributed by atoms with Gasteiger partial charge in [0.2, 0.25) is 5.91 Å². The highest BCUT2D eigenvalue weighted by atomic mass is 16.2. The Hall–Kier alpha value is -2.34. The second-order valence-corrected chi connectivity index (χ2v) is 8.22. The van der Waals surface area contributed by atoms with Crippen LogP contribution in [0.2, 0.25) is 0 Å². The lowest BCUT2D eigenvalue weighted by molar-refractivity contribution is -0.902. The number of benzene rings is 1. The smallest absolute Gasteiger partial charge is 0.222 e. The summed E-state index contributed by atoms with van der Waals surface area (Å²) >= 11 is 0. The molecule has 0 atom stereocenters. The van der Waals surface area contributed by atoms with Crippen LogP contribution in [0.1, 0.15) is 43.2 Å². The number of rotatable bonds is 6. The van der Waals surface area contributed by atoms with E-state index in [1.54, 1.807) is 6.21 Å². The Morgan fingerprint density at radius 1 is 1.14 bits per heavy atom. The van der Waals surface area contributed by atoms with Gasteiger partial charge in [-0.3, -0.25) is 19.4 Å². The molecule has 0 spiro atoms. The minimum absolute atomic E-state index is 0.00757. The van der Waals surface area contributed by atoms with Crippen LogP contribution in [0, 0.1) is 12.8 Å². The third-order valence-electron chi connectivity index (χ3n) is 6.11. The number of carbonyl (C=O) groups excluding carboxylic acids is 3. The van der Waals surface area contributed by atoms with E-state index in [9.17, 15) is 14.4 Å². The van der Waals surface area contributed by atoms with Gasteiger partial charge in [-0.25, -0.2) is 0 Å². The highest BCUT2D eigenvalue weighted by molar-refractivity contribution is 6.16. The fourth-order valence-corrected chi connectivity index (χ4v) is 4.18. The van der Waals surface area contributed by atoms with E-state index in [2.05, 4.69) is 4.99 Å². The van der Waals surface area contributed by atoms with Gasteiger partial charge in [0.1, 0.15) is 17.5 Å². The van der Waals surface area contributed by atoms with Gasteiger partial charge in [-0.05, 0) is 18.4 Å². The predicted octanol–water partition coefficient (Wildman–Crippen LogP) is 0.835. The van der Waals surface area contributed by atoms with Gasteiger partial charge in [-0.1, -0.05) is 36.8 Å². The van der Waals surface area contributed by atoms with Crippen LogP contribution in [0.5, 0.6) is 0 Å². The molecule has 1 aromatic carbocycles. The average Bonchev–Trinajstić information content (AvgIpc) is 2.73. The fourth-order valence-electron chi connectivity index (χ4n) is 4.18. The van der Waals surface area contributed by atoms with E-state index in [-0.39, 0.29) is 23.4 Å². The summed E-state index contributed by atoms with van der Waals surface area (Å²) in [5, 5.41) is 0. The third-order valence-corrected chi connectivity index (χ3v) is 6.11. The number of nitrogens with zero attached hydrogens (tertiary/aromatic N) is 2. The van der Waals surface area contributed by atoms with Gasteiger partial charge in [0.25, 0.3) is 0 Å². The van der Waals surface area contributed by atoms with Crippen molar-refractivity contribution in [1.29, 1.82) is 0 Å². The van der Waals surface area contributed by atoms with E-state index < -0.39 is 5.92 Å². The van der Waals surface area contributed by atoms with Crippen molar-refractivity contribution in [3.8, 4) is 0 Å². The molecule has 156 valence electrons. The maximum Gasteiger partial charge on any atom is 0.222 e. The number of aliphatic imine (C=N–C) groups is 1.